The van der Waals surface area contributed by atoms with E-state index in [1.807, 2.05) is 18.2 Å². The van der Waals surface area contributed by atoms with E-state index in [2.05, 4.69) is 15.4 Å². The van der Waals surface area contributed by atoms with E-state index in [9.17, 15) is 0 Å². The van der Waals surface area contributed by atoms with Crippen LogP contribution in [-0.4, -0.2) is 20.8 Å². The molecule has 0 aliphatic heterocycles. The van der Waals surface area contributed by atoms with E-state index in [0.29, 0.717) is 6.04 Å². The van der Waals surface area contributed by atoms with E-state index in [0.717, 1.165) is 16.4 Å². The predicted octanol–water partition coefficient (Wildman–Crippen LogP) is 4.06. The first-order chi connectivity index (χ1) is 9.83. The van der Waals surface area contributed by atoms with E-state index < -0.39 is 0 Å². The van der Waals surface area contributed by atoms with Crippen molar-refractivity contribution in [3.8, 4) is 5.69 Å². The van der Waals surface area contributed by atoms with Crippen molar-refractivity contribution in [1.82, 2.24) is 14.8 Å². The van der Waals surface area contributed by atoms with Gasteiger partial charge in [0, 0.05) is 11.1 Å². The maximum atomic E-state index is 6.14. The number of aromatic nitrogens is 3. The molecule has 1 aromatic carbocycles. The second-order valence-electron chi connectivity index (χ2n) is 5.33. The number of anilines is 1. The fourth-order valence-electron chi connectivity index (χ4n) is 2.80. The fourth-order valence-corrected chi connectivity index (χ4v) is 2.97. The van der Waals surface area contributed by atoms with Gasteiger partial charge >= 0.3 is 0 Å². The van der Waals surface area contributed by atoms with Crippen LogP contribution in [0.3, 0.4) is 0 Å². The van der Waals surface area contributed by atoms with Crippen LogP contribution in [0.2, 0.25) is 5.02 Å². The molecule has 1 saturated carbocycles. The maximum Gasteiger partial charge on any atom is 0.138 e. The van der Waals surface area contributed by atoms with Crippen LogP contribution in [0.25, 0.3) is 5.69 Å². The van der Waals surface area contributed by atoms with Crippen molar-refractivity contribution < 1.29 is 0 Å². The Labute approximate surface area is 124 Å². The number of hydrogen-bond acceptors (Lipinski definition) is 3. The Balaban J connectivity index is 1.85. The van der Waals surface area contributed by atoms with Crippen LogP contribution < -0.4 is 5.32 Å². The summed E-state index contributed by atoms with van der Waals surface area (Å²) >= 11 is 6.14. The summed E-state index contributed by atoms with van der Waals surface area (Å²) in [5.74, 6) is 0. The summed E-state index contributed by atoms with van der Waals surface area (Å²) in [4.78, 5) is 4.01. The largest absolute Gasteiger partial charge is 0.381 e. The van der Waals surface area contributed by atoms with Crippen LogP contribution in [0.4, 0.5) is 5.69 Å². The first-order valence-corrected chi connectivity index (χ1v) is 7.62. The van der Waals surface area contributed by atoms with Crippen molar-refractivity contribution in [1.29, 1.82) is 0 Å². The molecule has 20 heavy (non-hydrogen) atoms. The van der Waals surface area contributed by atoms with Crippen LogP contribution in [-0.2, 0) is 0 Å². The highest BCUT2D eigenvalue weighted by atomic mass is 35.5. The molecule has 5 heteroatoms. The van der Waals surface area contributed by atoms with Crippen molar-refractivity contribution >= 4 is 17.3 Å². The molecule has 4 nitrogen and oxygen atoms in total. The number of hydrogen-bond donors (Lipinski definition) is 1. The fraction of sp³-hybridized carbons (Fsp3) is 0.467. The third-order valence-corrected chi connectivity index (χ3v) is 4.07. The molecule has 0 atom stereocenters. The van der Waals surface area contributed by atoms with Gasteiger partial charge in [-0.3, -0.25) is 0 Å². The van der Waals surface area contributed by atoms with Crippen LogP contribution in [0.5, 0.6) is 0 Å². The van der Waals surface area contributed by atoms with Crippen molar-refractivity contribution in [2.45, 2.75) is 44.6 Å². The van der Waals surface area contributed by atoms with Crippen molar-refractivity contribution in [2.75, 3.05) is 5.32 Å². The summed E-state index contributed by atoms with van der Waals surface area (Å²) in [5.41, 5.74) is 2.03. The number of nitrogens with zero attached hydrogens (tertiary/aromatic N) is 3. The second kappa shape index (κ2) is 6.27. The molecule has 1 aromatic heterocycles. The molecule has 0 unspecified atom stereocenters. The first-order valence-electron chi connectivity index (χ1n) is 7.24. The smallest absolute Gasteiger partial charge is 0.138 e. The van der Waals surface area contributed by atoms with Gasteiger partial charge in [-0.05, 0) is 31.0 Å². The lowest BCUT2D eigenvalue weighted by atomic mass is 10.1. The molecule has 1 fully saturated rings. The molecule has 0 spiro atoms. The zero-order valence-corrected chi connectivity index (χ0v) is 12.2. The number of halogens is 1. The highest BCUT2D eigenvalue weighted by molar-refractivity contribution is 6.31. The summed E-state index contributed by atoms with van der Waals surface area (Å²) in [5, 5.41) is 8.60. The van der Waals surface area contributed by atoms with Crippen molar-refractivity contribution in [2.24, 2.45) is 0 Å². The molecule has 1 aliphatic rings. The highest BCUT2D eigenvalue weighted by Crippen LogP contribution is 2.27. The molecule has 1 aliphatic carbocycles. The Bertz CT molecular complexity index is 545. The summed E-state index contributed by atoms with van der Waals surface area (Å²) in [7, 11) is 0. The van der Waals surface area contributed by atoms with Crippen LogP contribution in [0.1, 0.15) is 38.5 Å². The lowest BCUT2D eigenvalue weighted by Gasteiger charge is -2.20. The molecule has 3 rings (SSSR count). The molecule has 1 N–H and O–H groups in total. The third kappa shape index (κ3) is 3.12. The molecule has 1 heterocycles. The van der Waals surface area contributed by atoms with Gasteiger partial charge in [-0.25, -0.2) is 9.67 Å². The summed E-state index contributed by atoms with van der Waals surface area (Å²) < 4.78 is 1.77. The first kappa shape index (κ1) is 13.4. The van der Waals surface area contributed by atoms with Gasteiger partial charge in [-0.1, -0.05) is 37.3 Å². The Morgan fingerprint density at radius 3 is 2.65 bits per heavy atom. The molecule has 0 bridgehead atoms. The van der Waals surface area contributed by atoms with Gasteiger partial charge in [0.15, 0.2) is 0 Å². The van der Waals surface area contributed by atoms with Gasteiger partial charge in [-0.2, -0.15) is 5.10 Å². The average Bonchev–Trinajstić information content (AvgIpc) is 2.85. The normalized spacial score (nSPS) is 16.9. The molecule has 0 radical (unpaired) electrons. The number of nitrogens with one attached hydrogen (secondary N) is 1. The average molecular weight is 291 g/mol. The summed E-state index contributed by atoms with van der Waals surface area (Å²) in [6.07, 6.45) is 11.0. The Morgan fingerprint density at radius 2 is 1.95 bits per heavy atom. The molecular weight excluding hydrogens is 272 g/mol. The van der Waals surface area contributed by atoms with Gasteiger partial charge in [0.25, 0.3) is 0 Å². The zero-order valence-electron chi connectivity index (χ0n) is 11.4. The standard InChI is InChI=1S/C15H19ClN4/c16-12-7-8-15(20-11-17-10-18-20)14(9-12)19-13-5-3-1-2-4-6-13/h7-11,13,19H,1-6H2. The zero-order chi connectivity index (χ0) is 13.8. The van der Waals surface area contributed by atoms with Gasteiger partial charge in [0.05, 0.1) is 11.4 Å². The summed E-state index contributed by atoms with van der Waals surface area (Å²) in [6, 6.07) is 6.37. The Hall–Kier alpha value is -1.55. The third-order valence-electron chi connectivity index (χ3n) is 3.84. The van der Waals surface area contributed by atoms with E-state index in [1.54, 1.807) is 17.3 Å². The lowest BCUT2D eigenvalue weighted by molar-refractivity contribution is 0.619. The Morgan fingerprint density at radius 1 is 1.15 bits per heavy atom. The second-order valence-corrected chi connectivity index (χ2v) is 5.77. The molecule has 0 saturated heterocycles. The molecule has 106 valence electrons. The number of benzene rings is 1. The molecular formula is C15H19ClN4. The monoisotopic (exact) mass is 290 g/mol. The minimum atomic E-state index is 0.526. The SMILES string of the molecule is Clc1ccc(-n2cncn2)c(NC2CCCCCC2)c1. The van der Waals surface area contributed by atoms with Crippen molar-refractivity contribution in [3.63, 3.8) is 0 Å². The minimum Gasteiger partial charge on any atom is -0.381 e. The van der Waals surface area contributed by atoms with Gasteiger partial charge in [0.1, 0.15) is 12.7 Å². The van der Waals surface area contributed by atoms with Gasteiger partial charge in [0.2, 0.25) is 0 Å². The van der Waals surface area contributed by atoms with E-state index in [1.165, 1.54) is 38.5 Å². The van der Waals surface area contributed by atoms with Crippen molar-refractivity contribution in [3.05, 3.63) is 35.9 Å². The quantitative estimate of drug-likeness (QED) is 0.867. The van der Waals surface area contributed by atoms with E-state index >= 15 is 0 Å². The lowest BCUT2D eigenvalue weighted by Crippen LogP contribution is -2.19. The van der Waals surface area contributed by atoms with E-state index in [4.69, 9.17) is 11.6 Å². The highest BCUT2D eigenvalue weighted by Gasteiger charge is 2.14. The van der Waals surface area contributed by atoms with Crippen LogP contribution >= 0.6 is 11.6 Å². The Kier molecular flexibility index (Phi) is 4.21. The van der Waals surface area contributed by atoms with Crippen LogP contribution in [0.15, 0.2) is 30.9 Å². The van der Waals surface area contributed by atoms with E-state index in [-0.39, 0.29) is 0 Å². The van der Waals surface area contributed by atoms with Crippen LogP contribution in [0, 0.1) is 0 Å². The molecule has 2 aromatic rings. The maximum absolute atomic E-state index is 6.14. The molecule has 0 amide bonds. The number of rotatable bonds is 3. The minimum absolute atomic E-state index is 0.526. The predicted molar refractivity (Wildman–Crippen MR) is 81.5 cm³/mol. The van der Waals surface area contributed by atoms with Gasteiger partial charge in [-0.15, -0.1) is 0 Å². The van der Waals surface area contributed by atoms with Gasteiger partial charge < -0.3 is 5.32 Å². The summed E-state index contributed by atoms with van der Waals surface area (Å²) in [6.45, 7) is 0. The topological polar surface area (TPSA) is 42.7 Å².